The van der Waals surface area contributed by atoms with Gasteiger partial charge in [-0.15, -0.1) is 11.3 Å². The van der Waals surface area contributed by atoms with Gasteiger partial charge in [0.2, 0.25) is 0 Å². The maximum Gasteiger partial charge on any atom is 0.263 e. The molecular weight excluding hydrogens is 360 g/mol. The molecule has 1 aromatic carbocycles. The molecule has 0 amide bonds. The van der Waals surface area contributed by atoms with Gasteiger partial charge in [0, 0.05) is 20.8 Å². The van der Waals surface area contributed by atoms with E-state index in [9.17, 15) is 8.42 Å². The van der Waals surface area contributed by atoms with Gasteiger partial charge in [-0.1, -0.05) is 22.0 Å². The van der Waals surface area contributed by atoms with E-state index in [1.165, 1.54) is 11.3 Å². The fraction of sp³-hybridized carbons (Fsp3) is 0.231. The van der Waals surface area contributed by atoms with Gasteiger partial charge in [-0.2, -0.15) is 0 Å². The number of halogens is 1. The highest BCUT2D eigenvalue weighted by Crippen LogP contribution is 2.29. The van der Waals surface area contributed by atoms with Crippen LogP contribution in [0.15, 0.2) is 33.6 Å². The smallest absolute Gasteiger partial charge is 0.263 e. The van der Waals surface area contributed by atoms with Crippen LogP contribution >= 0.6 is 27.3 Å². The first kappa shape index (κ1) is 15.5. The van der Waals surface area contributed by atoms with Crippen LogP contribution in [0.4, 0.5) is 5.69 Å². The monoisotopic (exact) mass is 374 g/mol. The first-order valence-electron chi connectivity index (χ1n) is 5.92. The van der Waals surface area contributed by atoms with Gasteiger partial charge < -0.3 is 5.73 Å². The van der Waals surface area contributed by atoms with Crippen LogP contribution in [0.25, 0.3) is 0 Å². The number of aryl methyl sites for hydroxylation is 1. The molecular formula is C13H15BrN2O2S2. The number of nitrogens with two attached hydrogens (primary N) is 1. The lowest BCUT2D eigenvalue weighted by Crippen LogP contribution is -2.14. The molecule has 0 bridgehead atoms. The van der Waals surface area contributed by atoms with Crippen molar-refractivity contribution in [1.82, 2.24) is 0 Å². The van der Waals surface area contributed by atoms with Crippen LogP contribution in [0.1, 0.15) is 15.3 Å². The quantitative estimate of drug-likeness (QED) is 0.861. The fourth-order valence-electron chi connectivity index (χ4n) is 1.81. The zero-order valence-electron chi connectivity index (χ0n) is 11.1. The van der Waals surface area contributed by atoms with E-state index in [-0.39, 0.29) is 0 Å². The Morgan fingerprint density at radius 1 is 1.35 bits per heavy atom. The van der Waals surface area contributed by atoms with E-state index in [4.69, 9.17) is 5.73 Å². The van der Waals surface area contributed by atoms with E-state index in [2.05, 4.69) is 20.7 Å². The third-order valence-electron chi connectivity index (χ3n) is 2.93. The summed E-state index contributed by atoms with van der Waals surface area (Å²) in [6, 6.07) is 7.04. The molecule has 3 N–H and O–H groups in total. The summed E-state index contributed by atoms with van der Waals surface area (Å²) < 4.78 is 28.4. The molecule has 4 nitrogen and oxygen atoms in total. The average Bonchev–Trinajstić information content (AvgIpc) is 2.77. The highest BCUT2D eigenvalue weighted by atomic mass is 79.9. The second-order valence-electron chi connectivity index (χ2n) is 4.36. The molecule has 1 aromatic heterocycles. The molecule has 0 unspecified atom stereocenters. The zero-order chi connectivity index (χ0) is 14.9. The van der Waals surface area contributed by atoms with Gasteiger partial charge in [-0.3, -0.25) is 4.72 Å². The van der Waals surface area contributed by atoms with Gasteiger partial charge in [0.25, 0.3) is 10.0 Å². The normalized spacial score (nSPS) is 11.6. The number of anilines is 1. The fourth-order valence-corrected chi connectivity index (χ4v) is 4.81. The summed E-state index contributed by atoms with van der Waals surface area (Å²) in [4.78, 5) is 1.89. The molecule has 0 radical (unpaired) electrons. The lowest BCUT2D eigenvalue weighted by atomic mass is 10.2. The van der Waals surface area contributed by atoms with Crippen molar-refractivity contribution in [3.63, 3.8) is 0 Å². The maximum atomic E-state index is 12.5. The molecule has 1 heterocycles. The van der Waals surface area contributed by atoms with Crippen molar-refractivity contribution >= 4 is 43.0 Å². The van der Waals surface area contributed by atoms with E-state index in [1.54, 1.807) is 25.1 Å². The predicted octanol–water partition coefficient (Wildman–Crippen LogP) is 3.39. The Bertz CT molecular complexity index is 739. The van der Waals surface area contributed by atoms with Gasteiger partial charge in [0.05, 0.1) is 5.69 Å². The van der Waals surface area contributed by atoms with Crippen LogP contribution in [0.5, 0.6) is 0 Å². The third kappa shape index (κ3) is 3.06. The van der Waals surface area contributed by atoms with Gasteiger partial charge >= 0.3 is 0 Å². The van der Waals surface area contributed by atoms with Crippen LogP contribution < -0.4 is 10.5 Å². The van der Waals surface area contributed by atoms with Crippen LogP contribution in [-0.2, 0) is 16.6 Å². The Morgan fingerprint density at radius 2 is 2.05 bits per heavy atom. The van der Waals surface area contributed by atoms with E-state index in [1.807, 2.05) is 13.0 Å². The molecule has 0 aliphatic carbocycles. The van der Waals surface area contributed by atoms with Crippen molar-refractivity contribution in [3.8, 4) is 0 Å². The summed E-state index contributed by atoms with van der Waals surface area (Å²) in [5.41, 5.74) is 6.98. The van der Waals surface area contributed by atoms with Crippen LogP contribution in [-0.4, -0.2) is 8.42 Å². The number of thiophene rings is 1. The van der Waals surface area contributed by atoms with Crippen molar-refractivity contribution < 1.29 is 8.42 Å². The minimum Gasteiger partial charge on any atom is -0.326 e. The van der Waals surface area contributed by atoms with E-state index < -0.39 is 10.0 Å². The first-order chi connectivity index (χ1) is 9.35. The second-order valence-corrected chi connectivity index (χ2v) is 8.20. The number of rotatable bonds is 4. The topological polar surface area (TPSA) is 72.2 Å². The molecule has 2 aromatic rings. The van der Waals surface area contributed by atoms with Crippen LogP contribution in [0.2, 0.25) is 0 Å². The molecule has 0 saturated carbocycles. The summed E-state index contributed by atoms with van der Waals surface area (Å²) in [5.74, 6) is 0. The second kappa shape index (κ2) is 5.85. The number of benzene rings is 1. The van der Waals surface area contributed by atoms with Crippen LogP contribution in [0, 0.1) is 13.8 Å². The molecule has 7 heteroatoms. The molecule has 20 heavy (non-hydrogen) atoms. The molecule has 108 valence electrons. The minimum absolute atomic E-state index is 0.294. The highest BCUT2D eigenvalue weighted by molar-refractivity contribution is 9.10. The Hall–Kier alpha value is -0.890. The summed E-state index contributed by atoms with van der Waals surface area (Å²) >= 11 is 4.80. The van der Waals surface area contributed by atoms with Crippen molar-refractivity contribution in [2.24, 2.45) is 5.73 Å². The largest absolute Gasteiger partial charge is 0.326 e. The molecule has 2 rings (SSSR count). The molecule has 0 fully saturated rings. The Morgan fingerprint density at radius 3 is 2.65 bits per heavy atom. The van der Waals surface area contributed by atoms with E-state index >= 15 is 0 Å². The van der Waals surface area contributed by atoms with E-state index in [0.29, 0.717) is 17.1 Å². The maximum absolute atomic E-state index is 12.5. The summed E-state index contributed by atoms with van der Waals surface area (Å²) in [7, 11) is -3.59. The van der Waals surface area contributed by atoms with Gasteiger partial charge in [-0.25, -0.2) is 8.42 Å². The van der Waals surface area contributed by atoms with Gasteiger partial charge in [-0.05, 0) is 37.6 Å². The molecule has 0 atom stereocenters. The lowest BCUT2D eigenvalue weighted by molar-refractivity contribution is 0.601. The SMILES string of the molecule is Cc1sc(CN)cc1S(=O)(=O)Nc1cccc(Br)c1C. The minimum atomic E-state index is -3.59. The Balaban J connectivity index is 2.40. The summed E-state index contributed by atoms with van der Waals surface area (Å²) in [6.07, 6.45) is 0. The van der Waals surface area contributed by atoms with E-state index in [0.717, 1.165) is 19.8 Å². The molecule has 0 aliphatic heterocycles. The number of nitrogens with one attached hydrogen (secondary N) is 1. The van der Waals surface area contributed by atoms with Crippen LogP contribution in [0.3, 0.4) is 0 Å². The predicted molar refractivity (Wildman–Crippen MR) is 86.6 cm³/mol. The Kier molecular flexibility index (Phi) is 4.53. The number of sulfonamides is 1. The molecule has 0 saturated heterocycles. The van der Waals surface area contributed by atoms with Gasteiger partial charge in [0.15, 0.2) is 0 Å². The molecule has 0 aliphatic rings. The van der Waals surface area contributed by atoms with Crippen molar-refractivity contribution in [2.75, 3.05) is 4.72 Å². The highest BCUT2D eigenvalue weighted by Gasteiger charge is 2.20. The third-order valence-corrected chi connectivity index (χ3v) is 6.48. The number of hydrogen-bond acceptors (Lipinski definition) is 4. The van der Waals surface area contributed by atoms with Crippen molar-refractivity contribution in [2.45, 2.75) is 25.3 Å². The number of hydrogen-bond donors (Lipinski definition) is 2. The zero-order valence-corrected chi connectivity index (χ0v) is 14.3. The van der Waals surface area contributed by atoms with Crippen molar-refractivity contribution in [3.05, 3.63) is 44.1 Å². The summed E-state index contributed by atoms with van der Waals surface area (Å²) in [6.45, 7) is 3.98. The standard InChI is InChI=1S/C13H15BrN2O2S2/c1-8-11(14)4-3-5-12(8)16-20(17,18)13-6-10(7-15)19-9(13)2/h3-6,16H,7,15H2,1-2H3. The van der Waals surface area contributed by atoms with Crippen molar-refractivity contribution in [1.29, 1.82) is 0 Å². The van der Waals surface area contributed by atoms with Gasteiger partial charge in [0.1, 0.15) is 4.90 Å². The first-order valence-corrected chi connectivity index (χ1v) is 9.01. The summed E-state index contributed by atoms with van der Waals surface area (Å²) in [5, 5.41) is 0. The Labute approximate surface area is 131 Å². The lowest BCUT2D eigenvalue weighted by Gasteiger charge is -2.11. The molecule has 0 spiro atoms. The average molecular weight is 375 g/mol.